The summed E-state index contributed by atoms with van der Waals surface area (Å²) in [5.41, 5.74) is 1.79. The first-order chi connectivity index (χ1) is 13.6. The maximum atomic E-state index is 11.6. The van der Waals surface area contributed by atoms with Crippen molar-refractivity contribution in [3.05, 3.63) is 36.6 Å². The molecule has 28 heavy (non-hydrogen) atoms. The van der Waals surface area contributed by atoms with Gasteiger partial charge in [-0.2, -0.15) is 0 Å². The molecule has 0 saturated heterocycles. The second-order valence-corrected chi connectivity index (χ2v) is 14.3. The third-order valence-electron chi connectivity index (χ3n) is 3.77. The van der Waals surface area contributed by atoms with E-state index in [0.29, 0.717) is 0 Å². The number of thioether (sulfide) groups is 8. The zero-order chi connectivity index (χ0) is 20.5. The number of allylic oxidation sites excluding steroid dienone is 2. The Morgan fingerprint density at radius 1 is 0.643 bits per heavy atom. The Labute approximate surface area is 201 Å². The molecule has 0 unspecified atom stereocenters. The van der Waals surface area contributed by atoms with Gasteiger partial charge in [0.05, 0.1) is 25.4 Å². The molecule has 0 aromatic heterocycles. The Morgan fingerprint density at radius 2 is 0.929 bits per heavy atom. The van der Waals surface area contributed by atoms with Crippen molar-refractivity contribution < 1.29 is 9.59 Å². The molecule has 2 aliphatic heterocycles. The summed E-state index contributed by atoms with van der Waals surface area (Å²) < 4.78 is 7.40. The lowest BCUT2D eigenvalue weighted by atomic mass is 10.1. The zero-order valence-corrected chi connectivity index (χ0v) is 22.6. The Bertz CT molecular complexity index is 638. The second-order valence-electron chi connectivity index (χ2n) is 5.44. The molecule has 0 fully saturated rings. The fourth-order valence-electron chi connectivity index (χ4n) is 2.36. The van der Waals surface area contributed by atoms with Gasteiger partial charge >= 0.3 is 0 Å². The minimum absolute atomic E-state index is 0.772. The smallest absolute Gasteiger partial charge is 0.147 e. The number of hydrogen-bond donors (Lipinski definition) is 0. The molecule has 2 aliphatic rings. The van der Waals surface area contributed by atoms with E-state index in [9.17, 15) is 9.59 Å². The molecule has 0 N–H and O–H groups in total. The Kier molecular flexibility index (Phi) is 12.2. The fraction of sp³-hybridized carbons (Fsp3) is 0.444. The Morgan fingerprint density at radius 3 is 1.14 bits per heavy atom. The molecule has 10 heteroatoms. The lowest BCUT2D eigenvalue weighted by Crippen LogP contribution is -1.92. The highest BCUT2D eigenvalue weighted by atomic mass is 32.3. The predicted molar refractivity (Wildman–Crippen MR) is 143 cm³/mol. The van der Waals surface area contributed by atoms with Crippen LogP contribution >= 0.6 is 94.1 Å². The predicted octanol–water partition coefficient (Wildman–Crippen LogP) is 8.03. The van der Waals surface area contributed by atoms with Gasteiger partial charge in [0.2, 0.25) is 0 Å². The van der Waals surface area contributed by atoms with Crippen molar-refractivity contribution in [1.29, 1.82) is 0 Å². The number of rotatable bonds is 11. The molecule has 0 aliphatic carbocycles. The first kappa shape index (κ1) is 25.4. The van der Waals surface area contributed by atoms with E-state index in [-0.39, 0.29) is 0 Å². The van der Waals surface area contributed by atoms with Crippen molar-refractivity contribution in [3.63, 3.8) is 0 Å². The van der Waals surface area contributed by atoms with Crippen LogP contribution < -0.4 is 0 Å². The van der Waals surface area contributed by atoms with Crippen LogP contribution in [-0.2, 0) is 9.59 Å². The van der Waals surface area contributed by atoms with Gasteiger partial charge in [-0.3, -0.25) is 9.59 Å². The van der Waals surface area contributed by atoms with E-state index in [2.05, 4.69) is 25.0 Å². The van der Waals surface area contributed by atoms with Crippen LogP contribution in [0.1, 0.15) is 25.7 Å². The van der Waals surface area contributed by atoms with Gasteiger partial charge in [0.15, 0.2) is 0 Å². The summed E-state index contributed by atoms with van der Waals surface area (Å²) in [5, 5.41) is 0. The van der Waals surface area contributed by atoms with Crippen LogP contribution in [0.2, 0.25) is 0 Å². The summed E-state index contributed by atoms with van der Waals surface area (Å²) in [5.74, 6) is 0. The average Bonchev–Trinajstić information content (AvgIpc) is 3.34. The topological polar surface area (TPSA) is 34.1 Å². The molecule has 0 amide bonds. The Balaban J connectivity index is 1.91. The maximum Gasteiger partial charge on any atom is 0.147 e. The third-order valence-corrected chi connectivity index (χ3v) is 14.4. The van der Waals surface area contributed by atoms with Gasteiger partial charge in [-0.1, -0.05) is 47.0 Å². The van der Waals surface area contributed by atoms with Crippen LogP contribution in [0.5, 0.6) is 0 Å². The summed E-state index contributed by atoms with van der Waals surface area (Å²) in [6.45, 7) is 0. The van der Waals surface area contributed by atoms with E-state index in [1.165, 1.54) is 16.9 Å². The molecule has 2 heterocycles. The molecule has 0 aromatic carbocycles. The van der Waals surface area contributed by atoms with Gasteiger partial charge in [-0.05, 0) is 50.7 Å². The molecule has 0 aromatic rings. The van der Waals surface area contributed by atoms with Gasteiger partial charge in [-0.15, -0.1) is 47.0 Å². The monoisotopic (exact) mass is 526 g/mol. The summed E-state index contributed by atoms with van der Waals surface area (Å²) in [6, 6.07) is 0. The van der Waals surface area contributed by atoms with Crippen LogP contribution in [0.15, 0.2) is 36.6 Å². The van der Waals surface area contributed by atoms with Crippen molar-refractivity contribution in [2.24, 2.45) is 0 Å². The maximum absolute atomic E-state index is 11.6. The normalized spacial score (nSPS) is 17.0. The van der Waals surface area contributed by atoms with E-state index in [0.717, 1.165) is 57.9 Å². The second kappa shape index (κ2) is 13.5. The Hall–Kier alpha value is 1.10. The van der Waals surface area contributed by atoms with Crippen molar-refractivity contribution in [2.45, 2.75) is 25.7 Å². The van der Waals surface area contributed by atoms with Crippen LogP contribution in [0, 0.1) is 0 Å². The number of unbranched alkanes of at least 4 members (excludes halogenated alkanes) is 1. The fourth-order valence-corrected chi connectivity index (χ4v) is 12.5. The standard InChI is InChI=1S/C18H22O2S8/c1-21-15-16(22-2)26-13(25-15)11(9-19)7-5-6-8-12(10-20)14-27-17(23-3)18(24-4)28-14/h9-10H,5-8H2,1-4H3. The van der Waals surface area contributed by atoms with E-state index in [1.54, 1.807) is 94.1 Å². The van der Waals surface area contributed by atoms with Crippen LogP contribution in [0.3, 0.4) is 0 Å². The highest BCUT2D eigenvalue weighted by Gasteiger charge is 2.24. The minimum Gasteiger partial charge on any atom is -0.298 e. The van der Waals surface area contributed by atoms with Gasteiger partial charge in [-0.25, -0.2) is 0 Å². The highest BCUT2D eigenvalue weighted by molar-refractivity contribution is 8.41. The molecule has 0 atom stereocenters. The number of carbonyl (C=O) groups excluding carboxylic acids is 2. The first-order valence-electron chi connectivity index (χ1n) is 8.34. The minimum atomic E-state index is 0.772. The molecular weight excluding hydrogens is 505 g/mol. The molecular formula is C18H22O2S8. The van der Waals surface area contributed by atoms with Crippen LogP contribution in [0.4, 0.5) is 0 Å². The summed E-state index contributed by atoms with van der Waals surface area (Å²) >= 11 is 13.9. The van der Waals surface area contributed by atoms with E-state index in [1.807, 2.05) is 0 Å². The molecule has 0 spiro atoms. The van der Waals surface area contributed by atoms with Crippen molar-refractivity contribution in [2.75, 3.05) is 25.0 Å². The number of carbonyl (C=O) groups is 2. The summed E-state index contributed by atoms with van der Waals surface area (Å²) in [4.78, 5) is 23.2. The molecule has 0 saturated carbocycles. The number of aldehydes is 2. The molecule has 154 valence electrons. The van der Waals surface area contributed by atoms with Crippen LogP contribution in [0.25, 0.3) is 0 Å². The molecule has 2 nitrogen and oxygen atoms in total. The zero-order valence-electron chi connectivity index (χ0n) is 16.1. The lowest BCUT2D eigenvalue weighted by Gasteiger charge is -2.06. The number of hydrogen-bond acceptors (Lipinski definition) is 10. The van der Waals surface area contributed by atoms with Crippen molar-refractivity contribution in [1.82, 2.24) is 0 Å². The van der Waals surface area contributed by atoms with Gasteiger partial charge in [0.1, 0.15) is 12.6 Å². The van der Waals surface area contributed by atoms with Crippen molar-refractivity contribution >= 4 is 107 Å². The lowest BCUT2D eigenvalue weighted by molar-refractivity contribution is -0.105. The molecule has 2 rings (SSSR count). The molecule has 0 radical (unpaired) electrons. The van der Waals surface area contributed by atoms with Gasteiger partial charge in [0, 0.05) is 11.1 Å². The SMILES string of the molecule is CSC1=C(SC)SC(=C(C=O)CCCCC(C=O)=C2SC(SC)=C(SC)S2)S1. The summed E-state index contributed by atoms with van der Waals surface area (Å²) in [6.07, 6.45) is 13.7. The van der Waals surface area contributed by atoms with E-state index in [4.69, 9.17) is 0 Å². The van der Waals surface area contributed by atoms with E-state index >= 15 is 0 Å². The molecule has 0 bridgehead atoms. The summed E-state index contributed by atoms with van der Waals surface area (Å²) in [7, 11) is 0. The third kappa shape index (κ3) is 6.80. The first-order valence-corrected chi connectivity index (χ1v) is 16.5. The van der Waals surface area contributed by atoms with E-state index < -0.39 is 0 Å². The van der Waals surface area contributed by atoms with Gasteiger partial charge in [0.25, 0.3) is 0 Å². The van der Waals surface area contributed by atoms with Crippen molar-refractivity contribution in [3.8, 4) is 0 Å². The quantitative estimate of drug-likeness (QED) is 0.150. The largest absolute Gasteiger partial charge is 0.298 e. The van der Waals surface area contributed by atoms with Gasteiger partial charge < -0.3 is 0 Å². The average molecular weight is 527 g/mol. The highest BCUT2D eigenvalue weighted by Crippen LogP contribution is 2.58. The van der Waals surface area contributed by atoms with Crippen LogP contribution in [-0.4, -0.2) is 37.6 Å².